The Labute approximate surface area is 416 Å². The van der Waals surface area contributed by atoms with Crippen LogP contribution in [0.25, 0.3) is 0 Å². The molecule has 2 aliphatic heterocycles. The minimum Gasteiger partial charge on any atom is -0.445 e. The first kappa shape index (κ1) is 57.0. The summed E-state index contributed by atoms with van der Waals surface area (Å²) in [5, 5.41) is 0. The number of carbonyl (C=O) groups excluding carboxylic acids is 1. The molecule has 2 heterocycles. The standard InChI is InChI=1S/C54H103N3O6Si4/c1-13-64(14-2,15-3)60-48(30-38-55-40-36-53(32-33-53)50(44-55)62-66(19-7,20-8)21-9)42-57(52(58)59-46-47-28-26-25-27-29-47)43-49(61-65(16-4,17-5)18-6)31-39-56-41-37-54(34-35-54)51(45-56)63-67(22-10,23-11)24-12/h25-29,48-51H,13-24,30-46H2,1-12H3. The van der Waals surface area contributed by atoms with Gasteiger partial charge in [-0.1, -0.05) is 113 Å². The molecule has 5 rings (SSSR count). The fourth-order valence-electron chi connectivity index (χ4n) is 12.2. The zero-order chi connectivity index (χ0) is 48.8. The van der Waals surface area contributed by atoms with Gasteiger partial charge in [-0.05, 0) is 153 Å². The Morgan fingerprint density at radius 2 is 0.910 bits per heavy atom. The van der Waals surface area contributed by atoms with E-state index in [0.717, 1.165) is 93.9 Å². The molecule has 9 nitrogen and oxygen atoms in total. The van der Waals surface area contributed by atoms with Crippen LogP contribution < -0.4 is 0 Å². The molecular weight excluding hydrogens is 899 g/mol. The van der Waals surface area contributed by atoms with Gasteiger partial charge >= 0.3 is 6.09 Å². The normalized spacial score (nSPS) is 22.0. The highest BCUT2D eigenvalue weighted by molar-refractivity contribution is 6.74. The highest BCUT2D eigenvalue weighted by Gasteiger charge is 2.55. The van der Waals surface area contributed by atoms with Crippen LogP contribution in [-0.4, -0.2) is 131 Å². The number of ether oxygens (including phenoxy) is 1. The van der Waals surface area contributed by atoms with Crippen LogP contribution in [0.3, 0.4) is 0 Å². The highest BCUT2D eigenvalue weighted by Crippen LogP contribution is 2.57. The van der Waals surface area contributed by atoms with Gasteiger partial charge in [-0.15, -0.1) is 0 Å². The number of benzene rings is 1. The summed E-state index contributed by atoms with van der Waals surface area (Å²) in [5.41, 5.74) is 1.80. The Balaban J connectivity index is 1.41. The van der Waals surface area contributed by atoms with E-state index in [4.69, 9.17) is 22.4 Å². The van der Waals surface area contributed by atoms with Crippen molar-refractivity contribution >= 4 is 39.4 Å². The summed E-state index contributed by atoms with van der Waals surface area (Å²) in [6.07, 6.45) is 9.84. The second kappa shape index (κ2) is 26.2. The Hall–Kier alpha value is -0.882. The van der Waals surface area contributed by atoms with Gasteiger partial charge in [0.2, 0.25) is 0 Å². The van der Waals surface area contributed by atoms with E-state index in [-0.39, 0.29) is 24.9 Å². The Bertz CT molecular complexity index is 1460. The van der Waals surface area contributed by atoms with Crippen molar-refractivity contribution in [1.82, 2.24) is 14.7 Å². The fourth-order valence-corrected chi connectivity index (χ4v) is 23.8. The number of nitrogens with zero attached hydrogens (tertiary/aromatic N) is 3. The second-order valence-corrected chi connectivity index (χ2v) is 40.9. The second-order valence-electron chi connectivity index (χ2n) is 22.0. The average Bonchev–Trinajstić information content (AvgIpc) is 4.33. The van der Waals surface area contributed by atoms with E-state index in [2.05, 4.69) is 92.9 Å². The summed E-state index contributed by atoms with van der Waals surface area (Å²) in [4.78, 5) is 22.2. The largest absolute Gasteiger partial charge is 0.445 e. The Kier molecular flexibility index (Phi) is 22.3. The van der Waals surface area contributed by atoms with Crippen molar-refractivity contribution in [3.63, 3.8) is 0 Å². The van der Waals surface area contributed by atoms with Crippen LogP contribution >= 0.6 is 0 Å². The molecule has 2 aliphatic carbocycles. The molecule has 0 bridgehead atoms. The first-order chi connectivity index (χ1) is 32.2. The molecule has 13 heteroatoms. The van der Waals surface area contributed by atoms with E-state index in [0.29, 0.717) is 36.1 Å². The molecule has 386 valence electrons. The topological polar surface area (TPSA) is 72.9 Å². The third-order valence-electron chi connectivity index (χ3n) is 19.0. The summed E-state index contributed by atoms with van der Waals surface area (Å²) >= 11 is 0. The maximum Gasteiger partial charge on any atom is 0.410 e. The summed E-state index contributed by atoms with van der Waals surface area (Å²) in [6, 6.07) is 23.9. The summed E-state index contributed by atoms with van der Waals surface area (Å²) in [7, 11) is -7.57. The van der Waals surface area contributed by atoms with E-state index in [1.54, 1.807) is 0 Å². The smallest absolute Gasteiger partial charge is 0.410 e. The van der Waals surface area contributed by atoms with Gasteiger partial charge in [-0.25, -0.2) is 4.79 Å². The molecule has 1 amide bonds. The molecule has 67 heavy (non-hydrogen) atoms. The number of piperidine rings is 2. The lowest BCUT2D eigenvalue weighted by atomic mass is 9.90. The molecule has 4 unspecified atom stereocenters. The summed E-state index contributed by atoms with van der Waals surface area (Å²) in [6.45, 7) is 35.7. The zero-order valence-corrected chi connectivity index (χ0v) is 49.5. The summed E-state index contributed by atoms with van der Waals surface area (Å²) < 4.78 is 36.1. The summed E-state index contributed by atoms with van der Waals surface area (Å²) in [5.74, 6) is 0. The number of amides is 1. The Morgan fingerprint density at radius 3 is 1.24 bits per heavy atom. The van der Waals surface area contributed by atoms with E-state index in [1.165, 1.54) is 74.8 Å². The molecule has 0 N–H and O–H groups in total. The SMILES string of the molecule is CC[Si](CC)(CC)OC(CCN1CCC2(CC2)C(O[Si](CC)(CC)CC)C1)CN(CC(CCN1CCC2(CC2)C(O[Si](CC)(CC)CC)C1)O[Si](CC)(CC)CC)C(=O)OCc1ccccc1. The molecule has 0 radical (unpaired) electrons. The maximum absolute atomic E-state index is 14.8. The van der Waals surface area contributed by atoms with E-state index in [9.17, 15) is 4.79 Å². The minimum atomic E-state index is -2.04. The van der Waals surface area contributed by atoms with E-state index in [1.807, 2.05) is 35.2 Å². The molecule has 1 aromatic carbocycles. The van der Waals surface area contributed by atoms with Gasteiger partial charge < -0.3 is 37.1 Å². The predicted molar refractivity (Wildman–Crippen MR) is 291 cm³/mol. The monoisotopic (exact) mass is 1000 g/mol. The maximum atomic E-state index is 14.8. The van der Waals surface area contributed by atoms with Gasteiger partial charge in [0.25, 0.3) is 0 Å². The molecule has 1 aromatic rings. The Morgan fingerprint density at radius 1 is 0.552 bits per heavy atom. The third kappa shape index (κ3) is 14.9. The van der Waals surface area contributed by atoms with Crippen LogP contribution in [0, 0.1) is 10.8 Å². The quantitative estimate of drug-likeness (QED) is 0.0661. The van der Waals surface area contributed by atoms with Crippen LogP contribution in [0.4, 0.5) is 4.79 Å². The van der Waals surface area contributed by atoms with Crippen LogP contribution in [-0.2, 0) is 29.0 Å². The molecule has 2 saturated heterocycles. The number of hydrogen-bond donors (Lipinski definition) is 0. The van der Waals surface area contributed by atoms with Crippen molar-refractivity contribution in [2.45, 2.75) is 238 Å². The molecule has 2 spiro atoms. The van der Waals surface area contributed by atoms with Gasteiger partial charge in [-0.2, -0.15) is 0 Å². The van der Waals surface area contributed by atoms with Crippen molar-refractivity contribution in [3.05, 3.63) is 35.9 Å². The van der Waals surface area contributed by atoms with Crippen molar-refractivity contribution in [3.8, 4) is 0 Å². The molecular formula is C54H103N3O6Si4. The zero-order valence-electron chi connectivity index (χ0n) is 45.5. The number of carbonyl (C=O) groups is 1. The van der Waals surface area contributed by atoms with Crippen LogP contribution in [0.5, 0.6) is 0 Å². The van der Waals surface area contributed by atoms with E-state index < -0.39 is 33.3 Å². The molecule has 2 saturated carbocycles. The van der Waals surface area contributed by atoms with Gasteiger partial charge in [0.05, 0.1) is 24.4 Å². The van der Waals surface area contributed by atoms with Crippen molar-refractivity contribution in [2.75, 3.05) is 52.4 Å². The van der Waals surface area contributed by atoms with Crippen molar-refractivity contribution in [2.24, 2.45) is 10.8 Å². The van der Waals surface area contributed by atoms with Crippen molar-refractivity contribution < 1.29 is 27.2 Å². The van der Waals surface area contributed by atoms with Gasteiger partial charge in [0, 0.05) is 39.3 Å². The lowest BCUT2D eigenvalue weighted by Crippen LogP contribution is -2.54. The third-order valence-corrected chi connectivity index (χ3v) is 37.7. The number of rotatable bonds is 32. The van der Waals surface area contributed by atoms with Crippen LogP contribution in [0.1, 0.15) is 140 Å². The fraction of sp³-hybridized carbons (Fsp3) is 0.870. The van der Waals surface area contributed by atoms with Crippen LogP contribution in [0.2, 0.25) is 72.5 Å². The number of hydrogen-bond acceptors (Lipinski definition) is 8. The van der Waals surface area contributed by atoms with Gasteiger partial charge in [-0.3, -0.25) is 0 Å². The molecule has 4 aliphatic rings. The van der Waals surface area contributed by atoms with Gasteiger partial charge in [0.1, 0.15) is 6.61 Å². The van der Waals surface area contributed by atoms with E-state index >= 15 is 0 Å². The highest BCUT2D eigenvalue weighted by atomic mass is 28.4. The predicted octanol–water partition coefficient (Wildman–Crippen LogP) is 13.9. The van der Waals surface area contributed by atoms with Crippen molar-refractivity contribution in [1.29, 1.82) is 0 Å². The lowest BCUT2D eigenvalue weighted by Gasteiger charge is -2.45. The molecule has 4 fully saturated rings. The molecule has 4 atom stereocenters. The lowest BCUT2D eigenvalue weighted by molar-refractivity contribution is 0.00585. The minimum absolute atomic E-state index is 0.0802. The average molecular weight is 1000 g/mol. The molecule has 0 aromatic heterocycles. The van der Waals surface area contributed by atoms with Gasteiger partial charge in [0.15, 0.2) is 33.3 Å². The van der Waals surface area contributed by atoms with Crippen LogP contribution in [0.15, 0.2) is 30.3 Å². The number of likely N-dealkylation sites (tertiary alicyclic amines) is 2. The first-order valence-electron chi connectivity index (χ1n) is 28.3. The first-order valence-corrected chi connectivity index (χ1v) is 38.5.